The zero-order valence-corrected chi connectivity index (χ0v) is 15.5. The minimum absolute atomic E-state index is 0.0410. The lowest BCUT2D eigenvalue weighted by molar-refractivity contribution is 0.0117. The van der Waals surface area contributed by atoms with Crippen LogP contribution in [0.25, 0.3) is 0 Å². The Bertz CT molecular complexity index is 540. The molecule has 130 valence electrons. The summed E-state index contributed by atoms with van der Waals surface area (Å²) in [6.45, 7) is 12.5. The van der Waals surface area contributed by atoms with E-state index in [1.165, 1.54) is 0 Å². The second-order valence-electron chi connectivity index (χ2n) is 7.07. The topological polar surface area (TPSA) is 68.7 Å². The first-order valence-corrected chi connectivity index (χ1v) is 8.91. The van der Waals surface area contributed by atoms with Crippen LogP contribution in [0.1, 0.15) is 43.6 Å². The largest absolute Gasteiger partial charge is 0.389 e. The zero-order chi connectivity index (χ0) is 17.2. The Morgan fingerprint density at radius 3 is 2.78 bits per heavy atom. The summed E-state index contributed by atoms with van der Waals surface area (Å²) in [4.78, 5) is 22.1. The molecule has 2 rings (SSSR count). The summed E-state index contributed by atoms with van der Waals surface area (Å²) in [6.07, 6.45) is 1.83. The number of carbonyl (C=O) groups is 1. The van der Waals surface area contributed by atoms with E-state index in [2.05, 4.69) is 15.2 Å². The van der Waals surface area contributed by atoms with Crippen molar-refractivity contribution in [1.29, 1.82) is 0 Å². The number of aromatic nitrogens is 1. The van der Waals surface area contributed by atoms with E-state index in [1.807, 2.05) is 45.7 Å². The molecule has 2 amide bonds. The summed E-state index contributed by atoms with van der Waals surface area (Å²) >= 11 is 1.61. The number of rotatable bonds is 4. The van der Waals surface area contributed by atoms with E-state index in [1.54, 1.807) is 11.3 Å². The van der Waals surface area contributed by atoms with Crippen LogP contribution in [-0.2, 0) is 0 Å². The van der Waals surface area contributed by atoms with Gasteiger partial charge < -0.3 is 15.3 Å². The van der Waals surface area contributed by atoms with Crippen molar-refractivity contribution in [2.45, 2.75) is 52.3 Å². The van der Waals surface area contributed by atoms with Crippen molar-refractivity contribution in [3.8, 4) is 0 Å². The van der Waals surface area contributed by atoms with E-state index < -0.39 is 5.60 Å². The van der Waals surface area contributed by atoms with Crippen molar-refractivity contribution in [3.63, 3.8) is 0 Å². The standard InChI is InChI=1S/C16H28N4O2S/c1-11-9-19(10-16(4,5)22)6-7-20(11)15(21)18-13(3)14-17-8-12(2)23-14/h8,11,13,22H,6-7,9-10H2,1-5H3,(H,18,21)/t11-,13-/m1/s1. The minimum Gasteiger partial charge on any atom is -0.389 e. The summed E-state index contributed by atoms with van der Waals surface area (Å²) < 4.78 is 0. The molecule has 2 heterocycles. The molecule has 0 unspecified atom stereocenters. The molecule has 2 atom stereocenters. The molecule has 0 spiro atoms. The quantitative estimate of drug-likeness (QED) is 0.880. The van der Waals surface area contributed by atoms with Gasteiger partial charge in [0.15, 0.2) is 0 Å². The number of aliphatic hydroxyl groups is 1. The Labute approximate surface area is 142 Å². The van der Waals surface area contributed by atoms with Gasteiger partial charge in [-0.1, -0.05) is 0 Å². The van der Waals surface area contributed by atoms with E-state index in [4.69, 9.17) is 0 Å². The lowest BCUT2D eigenvalue weighted by Crippen LogP contribution is -2.58. The van der Waals surface area contributed by atoms with Gasteiger partial charge in [0, 0.05) is 43.3 Å². The fourth-order valence-electron chi connectivity index (χ4n) is 2.93. The van der Waals surface area contributed by atoms with Gasteiger partial charge in [-0.05, 0) is 34.6 Å². The Hall–Kier alpha value is -1.18. The van der Waals surface area contributed by atoms with Gasteiger partial charge in [0.25, 0.3) is 0 Å². The third-order valence-electron chi connectivity index (χ3n) is 3.93. The number of amides is 2. The Morgan fingerprint density at radius 1 is 1.57 bits per heavy atom. The predicted molar refractivity (Wildman–Crippen MR) is 92.7 cm³/mol. The molecule has 1 aromatic heterocycles. The predicted octanol–water partition coefficient (Wildman–Crippen LogP) is 2.00. The number of nitrogens with one attached hydrogen (secondary N) is 1. The van der Waals surface area contributed by atoms with Gasteiger partial charge in [0.2, 0.25) is 0 Å². The molecule has 6 nitrogen and oxygen atoms in total. The van der Waals surface area contributed by atoms with Crippen molar-refractivity contribution < 1.29 is 9.90 Å². The van der Waals surface area contributed by atoms with E-state index >= 15 is 0 Å². The van der Waals surface area contributed by atoms with E-state index in [-0.39, 0.29) is 18.1 Å². The number of carbonyl (C=O) groups excluding carboxylic acids is 1. The Kier molecular flexibility index (Phi) is 5.65. The van der Waals surface area contributed by atoms with Gasteiger partial charge in [-0.3, -0.25) is 4.90 Å². The maximum Gasteiger partial charge on any atom is 0.318 e. The smallest absolute Gasteiger partial charge is 0.318 e. The number of nitrogens with zero attached hydrogens (tertiary/aromatic N) is 3. The van der Waals surface area contributed by atoms with Crippen LogP contribution in [0.4, 0.5) is 4.79 Å². The van der Waals surface area contributed by atoms with Gasteiger partial charge in [0.05, 0.1) is 11.6 Å². The van der Waals surface area contributed by atoms with Gasteiger partial charge >= 0.3 is 6.03 Å². The Balaban J connectivity index is 1.88. The highest BCUT2D eigenvalue weighted by Crippen LogP contribution is 2.20. The fourth-order valence-corrected chi connectivity index (χ4v) is 3.70. The van der Waals surface area contributed by atoms with Crippen molar-refractivity contribution >= 4 is 17.4 Å². The maximum atomic E-state index is 12.5. The summed E-state index contributed by atoms with van der Waals surface area (Å²) in [5.41, 5.74) is -0.707. The van der Waals surface area contributed by atoms with Crippen molar-refractivity contribution in [2.75, 3.05) is 26.2 Å². The molecule has 1 saturated heterocycles. The van der Waals surface area contributed by atoms with Crippen LogP contribution in [0.3, 0.4) is 0 Å². The van der Waals surface area contributed by atoms with Crippen LogP contribution in [0, 0.1) is 6.92 Å². The first-order chi connectivity index (χ1) is 10.7. The summed E-state index contributed by atoms with van der Waals surface area (Å²) in [5, 5.41) is 13.9. The van der Waals surface area contributed by atoms with Crippen LogP contribution in [-0.4, -0.2) is 63.7 Å². The molecule has 2 N–H and O–H groups in total. The van der Waals surface area contributed by atoms with Crippen LogP contribution in [0.2, 0.25) is 0 Å². The number of urea groups is 1. The average Bonchev–Trinajstić information content (AvgIpc) is 2.83. The van der Waals surface area contributed by atoms with E-state index in [9.17, 15) is 9.90 Å². The van der Waals surface area contributed by atoms with Crippen LogP contribution in [0.15, 0.2) is 6.20 Å². The molecule has 0 radical (unpaired) electrons. The number of β-amino-alcohol motifs (C(OH)–C–C–N with tert-alkyl or cyclic N) is 1. The van der Waals surface area contributed by atoms with Crippen molar-refractivity contribution in [3.05, 3.63) is 16.1 Å². The second-order valence-corrected chi connectivity index (χ2v) is 8.34. The van der Waals surface area contributed by atoms with Gasteiger partial charge in [-0.25, -0.2) is 9.78 Å². The molecule has 0 saturated carbocycles. The molecular weight excluding hydrogens is 312 g/mol. The average molecular weight is 340 g/mol. The monoisotopic (exact) mass is 340 g/mol. The number of hydrogen-bond acceptors (Lipinski definition) is 5. The fraction of sp³-hybridized carbons (Fsp3) is 0.750. The highest BCUT2D eigenvalue weighted by Gasteiger charge is 2.30. The lowest BCUT2D eigenvalue weighted by Gasteiger charge is -2.41. The summed E-state index contributed by atoms with van der Waals surface area (Å²) in [7, 11) is 0. The highest BCUT2D eigenvalue weighted by molar-refractivity contribution is 7.11. The molecule has 7 heteroatoms. The first kappa shape index (κ1) is 18.2. The third kappa shape index (κ3) is 5.16. The molecular formula is C16H28N4O2S. The van der Waals surface area contributed by atoms with E-state index in [0.29, 0.717) is 13.1 Å². The normalized spacial score (nSPS) is 21.3. The number of hydrogen-bond donors (Lipinski definition) is 2. The van der Waals surface area contributed by atoms with Crippen molar-refractivity contribution in [1.82, 2.24) is 20.1 Å². The SMILES string of the molecule is Cc1cnc([C@@H](C)NC(=O)N2CCN(CC(C)(C)O)C[C@H]2C)s1. The van der Waals surface area contributed by atoms with Gasteiger partial charge in [-0.15, -0.1) is 11.3 Å². The first-order valence-electron chi connectivity index (χ1n) is 8.10. The van der Waals surface area contributed by atoms with Crippen LogP contribution >= 0.6 is 11.3 Å². The van der Waals surface area contributed by atoms with Crippen molar-refractivity contribution in [2.24, 2.45) is 0 Å². The molecule has 1 fully saturated rings. The summed E-state index contributed by atoms with van der Waals surface area (Å²) in [6, 6.07) is -0.0000949. The van der Waals surface area contributed by atoms with Crippen LogP contribution < -0.4 is 5.32 Å². The molecule has 1 aromatic rings. The number of aryl methyl sites for hydroxylation is 1. The molecule has 0 aliphatic carbocycles. The number of thiazole rings is 1. The van der Waals surface area contributed by atoms with Gasteiger partial charge in [0.1, 0.15) is 5.01 Å². The molecule has 23 heavy (non-hydrogen) atoms. The minimum atomic E-state index is -0.707. The number of piperazine rings is 1. The second kappa shape index (κ2) is 7.15. The summed E-state index contributed by atoms with van der Waals surface area (Å²) in [5.74, 6) is 0. The zero-order valence-electron chi connectivity index (χ0n) is 14.7. The third-order valence-corrected chi connectivity index (χ3v) is 5.03. The lowest BCUT2D eigenvalue weighted by atomic mass is 10.1. The maximum absolute atomic E-state index is 12.5. The van der Waals surface area contributed by atoms with E-state index in [0.717, 1.165) is 23.0 Å². The molecule has 0 bridgehead atoms. The van der Waals surface area contributed by atoms with Crippen LogP contribution in [0.5, 0.6) is 0 Å². The molecule has 0 aromatic carbocycles. The molecule has 1 aliphatic heterocycles. The molecule has 1 aliphatic rings. The van der Waals surface area contributed by atoms with Gasteiger partial charge in [-0.2, -0.15) is 0 Å². The Morgan fingerprint density at radius 2 is 2.26 bits per heavy atom. The highest BCUT2D eigenvalue weighted by atomic mass is 32.1.